The number of nitrogens with two attached hydrogens (primary N) is 1. The van der Waals surface area contributed by atoms with E-state index in [2.05, 4.69) is 10.1 Å². The Kier molecular flexibility index (Phi) is 2.63. The molecule has 0 radical (unpaired) electrons. The fourth-order valence-electron chi connectivity index (χ4n) is 1.99. The fourth-order valence-corrected chi connectivity index (χ4v) is 1.99. The maximum atomic E-state index is 12.6. The van der Waals surface area contributed by atoms with Crippen molar-refractivity contribution in [3.8, 4) is 11.3 Å². The average molecular weight is 278 g/mol. The second-order valence-electron chi connectivity index (χ2n) is 4.24. The van der Waals surface area contributed by atoms with Gasteiger partial charge in [-0.25, -0.2) is 9.50 Å². The zero-order valence-electron chi connectivity index (χ0n) is 10.1. The summed E-state index contributed by atoms with van der Waals surface area (Å²) in [5, 5.41) is 4.08. The van der Waals surface area contributed by atoms with Crippen LogP contribution in [0.1, 0.15) is 5.56 Å². The van der Waals surface area contributed by atoms with Crippen molar-refractivity contribution in [3.05, 3.63) is 48.3 Å². The minimum Gasteiger partial charge on any atom is -0.396 e. The number of rotatable bonds is 1. The van der Waals surface area contributed by atoms with Gasteiger partial charge >= 0.3 is 6.18 Å². The van der Waals surface area contributed by atoms with E-state index >= 15 is 0 Å². The van der Waals surface area contributed by atoms with E-state index in [1.807, 2.05) is 0 Å². The van der Waals surface area contributed by atoms with Crippen LogP contribution in [-0.4, -0.2) is 14.6 Å². The van der Waals surface area contributed by atoms with Gasteiger partial charge in [0, 0.05) is 11.6 Å². The van der Waals surface area contributed by atoms with Gasteiger partial charge in [0.2, 0.25) is 0 Å². The van der Waals surface area contributed by atoms with Gasteiger partial charge in [0.25, 0.3) is 0 Å². The molecule has 102 valence electrons. The molecule has 0 saturated heterocycles. The first-order valence-electron chi connectivity index (χ1n) is 5.72. The van der Waals surface area contributed by atoms with E-state index in [4.69, 9.17) is 5.73 Å². The number of nitrogens with zero attached hydrogens (tertiary/aromatic N) is 3. The van der Waals surface area contributed by atoms with Gasteiger partial charge in [0.1, 0.15) is 0 Å². The summed E-state index contributed by atoms with van der Waals surface area (Å²) in [4.78, 5) is 4.08. The van der Waals surface area contributed by atoms with E-state index in [1.54, 1.807) is 12.3 Å². The van der Waals surface area contributed by atoms with Gasteiger partial charge in [0.05, 0.1) is 29.3 Å². The molecule has 2 N–H and O–H groups in total. The summed E-state index contributed by atoms with van der Waals surface area (Å²) in [6.45, 7) is 0. The lowest BCUT2D eigenvalue weighted by atomic mass is 10.1. The minimum absolute atomic E-state index is 0.348. The highest BCUT2D eigenvalue weighted by atomic mass is 19.4. The van der Waals surface area contributed by atoms with Crippen molar-refractivity contribution >= 4 is 11.3 Å². The number of halogens is 3. The molecule has 0 amide bonds. The predicted molar refractivity (Wildman–Crippen MR) is 67.8 cm³/mol. The lowest BCUT2D eigenvalue weighted by Crippen LogP contribution is -2.05. The van der Waals surface area contributed by atoms with Crippen LogP contribution in [0.2, 0.25) is 0 Å². The van der Waals surface area contributed by atoms with Crippen molar-refractivity contribution in [2.45, 2.75) is 6.18 Å². The molecule has 0 atom stereocenters. The minimum atomic E-state index is -4.36. The van der Waals surface area contributed by atoms with Crippen molar-refractivity contribution in [1.29, 1.82) is 0 Å². The second kappa shape index (κ2) is 4.22. The number of hydrogen-bond donors (Lipinski definition) is 1. The van der Waals surface area contributed by atoms with Crippen molar-refractivity contribution in [2.24, 2.45) is 0 Å². The number of benzene rings is 1. The Labute approximate surface area is 111 Å². The third-order valence-electron chi connectivity index (χ3n) is 2.93. The molecule has 3 aromatic rings. The van der Waals surface area contributed by atoms with Crippen LogP contribution in [0.25, 0.3) is 16.9 Å². The SMILES string of the molecule is Nc1cnc2ccnn2c1-c1ccc(C(F)(F)F)cc1. The maximum Gasteiger partial charge on any atom is 0.416 e. The van der Waals surface area contributed by atoms with Crippen molar-refractivity contribution in [3.63, 3.8) is 0 Å². The standard InChI is InChI=1S/C13H9F3N4/c14-13(15,16)9-3-1-8(2-4-9)12-10(17)7-18-11-5-6-19-20(11)12/h1-7H,17H2. The van der Waals surface area contributed by atoms with Crippen LogP contribution >= 0.6 is 0 Å². The number of anilines is 1. The first-order chi connectivity index (χ1) is 9.47. The van der Waals surface area contributed by atoms with E-state index in [-0.39, 0.29) is 0 Å². The zero-order chi connectivity index (χ0) is 14.3. The Morgan fingerprint density at radius 2 is 1.75 bits per heavy atom. The summed E-state index contributed by atoms with van der Waals surface area (Å²) in [7, 11) is 0. The Hall–Kier alpha value is -2.57. The number of fused-ring (bicyclic) bond motifs is 1. The lowest BCUT2D eigenvalue weighted by molar-refractivity contribution is -0.137. The van der Waals surface area contributed by atoms with E-state index in [0.29, 0.717) is 22.6 Å². The second-order valence-corrected chi connectivity index (χ2v) is 4.24. The van der Waals surface area contributed by atoms with Crippen molar-refractivity contribution < 1.29 is 13.2 Å². The topological polar surface area (TPSA) is 56.2 Å². The van der Waals surface area contributed by atoms with E-state index in [0.717, 1.165) is 12.1 Å². The molecule has 7 heteroatoms. The molecule has 0 bridgehead atoms. The largest absolute Gasteiger partial charge is 0.416 e. The molecular formula is C13H9F3N4. The molecule has 0 saturated carbocycles. The molecule has 1 aromatic carbocycles. The van der Waals surface area contributed by atoms with Gasteiger partial charge in [-0.2, -0.15) is 18.3 Å². The van der Waals surface area contributed by atoms with Crippen molar-refractivity contribution in [1.82, 2.24) is 14.6 Å². The van der Waals surface area contributed by atoms with Crippen LogP contribution in [0, 0.1) is 0 Å². The van der Waals surface area contributed by atoms with E-state index < -0.39 is 11.7 Å². The number of aromatic nitrogens is 3. The van der Waals surface area contributed by atoms with E-state index in [1.165, 1.54) is 22.8 Å². The van der Waals surface area contributed by atoms with Gasteiger partial charge in [-0.3, -0.25) is 0 Å². The molecular weight excluding hydrogens is 269 g/mol. The zero-order valence-corrected chi connectivity index (χ0v) is 10.1. The molecule has 4 nitrogen and oxygen atoms in total. The Morgan fingerprint density at radius 3 is 2.40 bits per heavy atom. The molecule has 20 heavy (non-hydrogen) atoms. The van der Waals surface area contributed by atoms with Gasteiger partial charge in [-0.1, -0.05) is 12.1 Å². The molecule has 2 aromatic heterocycles. The highest BCUT2D eigenvalue weighted by Gasteiger charge is 2.30. The lowest BCUT2D eigenvalue weighted by Gasteiger charge is -2.10. The van der Waals surface area contributed by atoms with Crippen LogP contribution in [0.4, 0.5) is 18.9 Å². The summed E-state index contributed by atoms with van der Waals surface area (Å²) in [5.74, 6) is 0. The molecule has 0 fully saturated rings. The number of nitrogen functional groups attached to an aromatic ring is 1. The molecule has 2 heterocycles. The van der Waals surface area contributed by atoms with Gasteiger partial charge in [0.15, 0.2) is 5.65 Å². The molecule has 0 aliphatic carbocycles. The predicted octanol–water partition coefficient (Wildman–Crippen LogP) is 3.00. The molecule has 0 aliphatic heterocycles. The highest BCUT2D eigenvalue weighted by molar-refractivity contribution is 5.74. The third-order valence-corrected chi connectivity index (χ3v) is 2.93. The molecule has 0 aliphatic rings. The number of alkyl halides is 3. The van der Waals surface area contributed by atoms with E-state index in [9.17, 15) is 13.2 Å². The van der Waals surface area contributed by atoms with Gasteiger partial charge < -0.3 is 5.73 Å². The fraction of sp³-hybridized carbons (Fsp3) is 0.0769. The third kappa shape index (κ3) is 1.97. The summed E-state index contributed by atoms with van der Waals surface area (Å²) in [5.41, 5.74) is 7.15. The monoisotopic (exact) mass is 278 g/mol. The van der Waals surface area contributed by atoms with Crippen molar-refractivity contribution in [2.75, 3.05) is 5.73 Å². The molecule has 0 spiro atoms. The first kappa shape index (κ1) is 12.5. The maximum absolute atomic E-state index is 12.6. The number of hydrogen-bond acceptors (Lipinski definition) is 3. The molecule has 0 unspecified atom stereocenters. The Morgan fingerprint density at radius 1 is 1.05 bits per heavy atom. The normalized spacial score (nSPS) is 11.9. The highest BCUT2D eigenvalue weighted by Crippen LogP contribution is 2.32. The van der Waals surface area contributed by atoms with Crippen LogP contribution in [0.5, 0.6) is 0 Å². The Balaban J connectivity index is 2.16. The average Bonchev–Trinajstić information content (AvgIpc) is 2.86. The van der Waals surface area contributed by atoms with Gasteiger partial charge in [-0.15, -0.1) is 0 Å². The molecule has 3 rings (SSSR count). The first-order valence-corrected chi connectivity index (χ1v) is 5.72. The quantitative estimate of drug-likeness (QED) is 0.744. The summed E-state index contributed by atoms with van der Waals surface area (Å²) in [6, 6.07) is 6.47. The van der Waals surface area contributed by atoms with Crippen LogP contribution in [-0.2, 0) is 6.18 Å². The summed E-state index contributed by atoms with van der Waals surface area (Å²) in [6.07, 6.45) is -1.34. The van der Waals surface area contributed by atoms with Crippen LogP contribution in [0.3, 0.4) is 0 Å². The van der Waals surface area contributed by atoms with Crippen LogP contribution < -0.4 is 5.73 Å². The summed E-state index contributed by atoms with van der Waals surface area (Å²) >= 11 is 0. The summed E-state index contributed by atoms with van der Waals surface area (Å²) < 4.78 is 39.2. The van der Waals surface area contributed by atoms with Gasteiger partial charge in [-0.05, 0) is 12.1 Å². The van der Waals surface area contributed by atoms with Crippen LogP contribution in [0.15, 0.2) is 42.7 Å². The smallest absolute Gasteiger partial charge is 0.396 e. The Bertz CT molecular complexity index is 759.